The molecular weight excluding hydrogens is 176 g/mol. The lowest BCUT2D eigenvalue weighted by Crippen LogP contribution is -1.99. The molecule has 0 radical (unpaired) electrons. The van der Waals surface area contributed by atoms with Gasteiger partial charge in [0.25, 0.3) is 0 Å². The fourth-order valence-electron chi connectivity index (χ4n) is 0.985. The average molecular weight is 186 g/mol. The molecule has 0 saturated heterocycles. The molecule has 0 atom stereocenters. The zero-order valence-electron chi connectivity index (χ0n) is 6.94. The maximum absolute atomic E-state index is 10.3. The van der Waals surface area contributed by atoms with Gasteiger partial charge in [0.1, 0.15) is 22.3 Å². The predicted molar refractivity (Wildman–Crippen MR) is 45.5 cm³/mol. The van der Waals surface area contributed by atoms with Crippen molar-refractivity contribution in [1.29, 1.82) is 0 Å². The van der Waals surface area contributed by atoms with Gasteiger partial charge in [-0.2, -0.15) is 0 Å². The number of nitrogens with zero attached hydrogens (tertiary/aromatic N) is 2. The van der Waals surface area contributed by atoms with Crippen molar-refractivity contribution < 1.29 is 8.42 Å². The molecule has 1 aromatic rings. The van der Waals surface area contributed by atoms with Crippen LogP contribution in [0.25, 0.3) is 0 Å². The van der Waals surface area contributed by atoms with Crippen molar-refractivity contribution in [1.82, 2.24) is 9.97 Å². The molecule has 0 N–H and O–H groups in total. The van der Waals surface area contributed by atoms with Crippen LogP contribution in [0.4, 0.5) is 0 Å². The van der Waals surface area contributed by atoms with Crippen molar-refractivity contribution in [2.45, 2.75) is 19.6 Å². The molecule has 0 fully saturated rings. The van der Waals surface area contributed by atoms with Gasteiger partial charge < -0.3 is 0 Å². The number of hydrogen-bond acceptors (Lipinski definition) is 4. The maximum Gasteiger partial charge on any atom is 0.147 e. The van der Waals surface area contributed by atoms with E-state index in [0.717, 1.165) is 11.4 Å². The summed E-state index contributed by atoms with van der Waals surface area (Å²) in [5.74, 6) is 0.307. The fraction of sp³-hybridized carbons (Fsp3) is 0.429. The zero-order chi connectivity index (χ0) is 9.14. The molecular formula is C7H10N2O2S. The Bertz CT molecular complexity index is 332. The Labute approximate surface area is 72.6 Å². The van der Waals surface area contributed by atoms with E-state index in [9.17, 15) is 8.42 Å². The lowest BCUT2D eigenvalue weighted by molar-refractivity contribution is 0.612. The first kappa shape index (κ1) is 9.12. The van der Waals surface area contributed by atoms with Crippen LogP contribution in [0.15, 0.2) is 6.07 Å². The molecule has 0 aliphatic carbocycles. The number of thiol groups is 1. The number of hydrogen-bond donors (Lipinski definition) is 1. The van der Waals surface area contributed by atoms with Gasteiger partial charge in [-0.3, -0.25) is 0 Å². The van der Waals surface area contributed by atoms with Gasteiger partial charge in [-0.15, -0.1) is 0 Å². The zero-order valence-corrected chi connectivity index (χ0v) is 7.84. The van der Waals surface area contributed by atoms with Crippen LogP contribution in [-0.4, -0.2) is 18.4 Å². The molecule has 0 aliphatic heterocycles. The van der Waals surface area contributed by atoms with Crippen LogP contribution in [0.2, 0.25) is 0 Å². The van der Waals surface area contributed by atoms with Gasteiger partial charge in [-0.1, -0.05) is 0 Å². The molecule has 0 aliphatic rings. The first-order valence-corrected chi connectivity index (χ1v) is 4.87. The van der Waals surface area contributed by atoms with Gasteiger partial charge in [0, 0.05) is 11.4 Å². The highest BCUT2D eigenvalue weighted by Gasteiger charge is 1.99. The van der Waals surface area contributed by atoms with Gasteiger partial charge in [0.05, 0.1) is 0 Å². The Kier molecular flexibility index (Phi) is 2.75. The minimum absolute atomic E-state index is 0.0716. The van der Waals surface area contributed by atoms with Crippen molar-refractivity contribution in [3.8, 4) is 0 Å². The predicted octanol–water partition coefficient (Wildman–Crippen LogP) is 0.205. The van der Waals surface area contributed by atoms with Gasteiger partial charge in [-0.05, 0) is 19.9 Å². The van der Waals surface area contributed by atoms with Crippen LogP contribution in [-0.2, 0) is 16.5 Å². The van der Waals surface area contributed by atoms with Crippen LogP contribution < -0.4 is 0 Å². The molecule has 1 aromatic heterocycles. The summed E-state index contributed by atoms with van der Waals surface area (Å²) in [5, 5.41) is 0. The number of aryl methyl sites for hydroxylation is 2. The number of rotatable bonds is 2. The van der Waals surface area contributed by atoms with E-state index in [-0.39, 0.29) is 5.75 Å². The minimum Gasteiger partial charge on any atom is -0.237 e. The highest BCUT2D eigenvalue weighted by atomic mass is 32.2. The third-order valence-electron chi connectivity index (χ3n) is 1.30. The Morgan fingerprint density at radius 3 is 2.17 bits per heavy atom. The van der Waals surface area contributed by atoms with E-state index in [1.165, 1.54) is 0 Å². The quantitative estimate of drug-likeness (QED) is 0.670. The van der Waals surface area contributed by atoms with Crippen LogP contribution >= 0.6 is 0 Å². The molecule has 0 aromatic carbocycles. The standard InChI is InChI=1S/C7H10N2O2S/c1-5-3-6(2)9-7(8-5)4-12(10)11/h3,12H,4H2,1-2H3. The first-order valence-electron chi connectivity index (χ1n) is 3.51. The summed E-state index contributed by atoms with van der Waals surface area (Å²) in [4.78, 5) is 7.96. The summed E-state index contributed by atoms with van der Waals surface area (Å²) in [5.41, 5.74) is 1.60. The summed E-state index contributed by atoms with van der Waals surface area (Å²) in [7, 11) is -2.43. The molecule has 1 rings (SSSR count). The molecule has 1 heterocycles. The van der Waals surface area contributed by atoms with Gasteiger partial charge in [-0.25, -0.2) is 18.4 Å². The van der Waals surface area contributed by atoms with Crippen molar-refractivity contribution in [2.75, 3.05) is 0 Å². The molecule has 5 heteroatoms. The van der Waals surface area contributed by atoms with E-state index in [0.29, 0.717) is 5.82 Å². The molecule has 0 unspecified atom stereocenters. The Morgan fingerprint density at radius 1 is 1.25 bits per heavy atom. The second-order valence-corrected chi connectivity index (χ2v) is 3.54. The summed E-state index contributed by atoms with van der Waals surface area (Å²) in [6.07, 6.45) is 0. The summed E-state index contributed by atoms with van der Waals surface area (Å²) in [6, 6.07) is 1.81. The van der Waals surface area contributed by atoms with E-state index in [1.54, 1.807) is 6.07 Å². The van der Waals surface area contributed by atoms with Crippen LogP contribution in [0.1, 0.15) is 17.2 Å². The Balaban J connectivity index is 3.00. The van der Waals surface area contributed by atoms with E-state index < -0.39 is 10.7 Å². The normalized spacial score (nSPS) is 10.6. The lowest BCUT2D eigenvalue weighted by atomic mass is 10.3. The molecule has 0 bridgehead atoms. The SMILES string of the molecule is Cc1cc(C)nc(C[SH](=O)=O)n1. The average Bonchev–Trinajstić information content (AvgIpc) is 1.81. The van der Waals surface area contributed by atoms with Crippen molar-refractivity contribution in [3.05, 3.63) is 23.3 Å². The summed E-state index contributed by atoms with van der Waals surface area (Å²) in [6.45, 7) is 3.63. The highest BCUT2D eigenvalue weighted by Crippen LogP contribution is 1.99. The van der Waals surface area contributed by atoms with Gasteiger partial charge in [0.2, 0.25) is 0 Å². The molecule has 0 spiro atoms. The second kappa shape index (κ2) is 3.62. The molecule has 0 amide bonds. The highest BCUT2D eigenvalue weighted by molar-refractivity contribution is 7.71. The summed E-state index contributed by atoms with van der Waals surface area (Å²) < 4.78 is 20.7. The first-order chi connectivity index (χ1) is 5.58. The lowest BCUT2D eigenvalue weighted by Gasteiger charge is -1.98. The van der Waals surface area contributed by atoms with E-state index >= 15 is 0 Å². The van der Waals surface area contributed by atoms with E-state index in [2.05, 4.69) is 9.97 Å². The van der Waals surface area contributed by atoms with Gasteiger partial charge >= 0.3 is 0 Å². The van der Waals surface area contributed by atoms with E-state index in [4.69, 9.17) is 0 Å². The molecule has 4 nitrogen and oxygen atoms in total. The fourth-order valence-corrected chi connectivity index (χ4v) is 1.36. The van der Waals surface area contributed by atoms with Crippen molar-refractivity contribution in [3.63, 3.8) is 0 Å². The van der Waals surface area contributed by atoms with Crippen molar-refractivity contribution >= 4 is 10.7 Å². The minimum atomic E-state index is -2.43. The second-order valence-electron chi connectivity index (χ2n) is 2.56. The Hall–Kier alpha value is -0.970. The topological polar surface area (TPSA) is 59.9 Å². The maximum atomic E-state index is 10.3. The third-order valence-corrected chi connectivity index (χ3v) is 1.84. The van der Waals surface area contributed by atoms with Crippen LogP contribution in [0.5, 0.6) is 0 Å². The molecule has 66 valence electrons. The van der Waals surface area contributed by atoms with Crippen LogP contribution in [0, 0.1) is 13.8 Å². The number of aromatic nitrogens is 2. The van der Waals surface area contributed by atoms with Crippen molar-refractivity contribution in [2.24, 2.45) is 0 Å². The molecule has 0 saturated carbocycles. The summed E-state index contributed by atoms with van der Waals surface area (Å²) >= 11 is 0. The molecule has 12 heavy (non-hydrogen) atoms. The van der Waals surface area contributed by atoms with E-state index in [1.807, 2.05) is 13.8 Å². The van der Waals surface area contributed by atoms with Gasteiger partial charge in [0.15, 0.2) is 0 Å². The Morgan fingerprint density at radius 2 is 1.75 bits per heavy atom. The smallest absolute Gasteiger partial charge is 0.147 e. The monoisotopic (exact) mass is 186 g/mol. The third kappa shape index (κ3) is 2.58. The largest absolute Gasteiger partial charge is 0.237 e. The van der Waals surface area contributed by atoms with Crippen LogP contribution in [0.3, 0.4) is 0 Å².